The van der Waals surface area contributed by atoms with Crippen molar-refractivity contribution in [1.82, 2.24) is 5.32 Å². The summed E-state index contributed by atoms with van der Waals surface area (Å²) in [5.41, 5.74) is 3.36. The second-order valence-corrected chi connectivity index (χ2v) is 5.33. The maximum absolute atomic E-state index is 9.83. The van der Waals surface area contributed by atoms with Gasteiger partial charge < -0.3 is 15.5 Å². The number of hydrogen-bond acceptors (Lipinski definition) is 3. The lowest BCUT2D eigenvalue weighted by atomic mass is 10.0. The van der Waals surface area contributed by atoms with Crippen LogP contribution in [0.25, 0.3) is 0 Å². The smallest absolute Gasteiger partial charge is 0.120 e. The van der Waals surface area contributed by atoms with Crippen molar-refractivity contribution >= 4 is 0 Å². The maximum Gasteiger partial charge on any atom is 0.120 e. The van der Waals surface area contributed by atoms with Gasteiger partial charge in [-0.15, -0.1) is 0 Å². The summed E-state index contributed by atoms with van der Waals surface area (Å²) in [4.78, 5) is 0. The number of aliphatic hydroxyl groups is 1. The zero-order chi connectivity index (χ0) is 12.5. The molecule has 1 fully saturated rings. The summed E-state index contributed by atoms with van der Waals surface area (Å²) >= 11 is 0. The standard InChI is InChI=1S/C14H21NO2/c1-10-5-12(13(17)6-11(10)2)7-15-8-14(9-16)3-4-14/h5-6,15-17H,3-4,7-9H2,1-2H3. The normalized spacial score (nSPS) is 17.1. The summed E-state index contributed by atoms with van der Waals surface area (Å²) in [7, 11) is 0. The topological polar surface area (TPSA) is 52.5 Å². The van der Waals surface area contributed by atoms with Crippen LogP contribution in [0, 0.1) is 19.3 Å². The number of aliphatic hydroxyl groups excluding tert-OH is 1. The van der Waals surface area contributed by atoms with Gasteiger partial charge in [0.25, 0.3) is 0 Å². The molecule has 3 N–H and O–H groups in total. The van der Waals surface area contributed by atoms with Crippen molar-refractivity contribution in [2.75, 3.05) is 13.2 Å². The molecule has 0 amide bonds. The first-order valence-electron chi connectivity index (χ1n) is 6.17. The molecule has 0 aliphatic heterocycles. The lowest BCUT2D eigenvalue weighted by Crippen LogP contribution is -2.26. The summed E-state index contributed by atoms with van der Waals surface area (Å²) in [6.45, 7) is 5.80. The number of phenols is 1. The number of rotatable bonds is 5. The molecule has 1 aromatic rings. The molecule has 17 heavy (non-hydrogen) atoms. The predicted molar refractivity (Wildman–Crippen MR) is 68.0 cm³/mol. The Morgan fingerprint density at radius 3 is 2.47 bits per heavy atom. The fourth-order valence-corrected chi connectivity index (χ4v) is 2.03. The number of aromatic hydroxyl groups is 1. The van der Waals surface area contributed by atoms with Crippen molar-refractivity contribution in [3.63, 3.8) is 0 Å². The van der Waals surface area contributed by atoms with Crippen molar-refractivity contribution in [2.45, 2.75) is 33.2 Å². The van der Waals surface area contributed by atoms with E-state index in [-0.39, 0.29) is 12.0 Å². The van der Waals surface area contributed by atoms with Gasteiger partial charge in [-0.1, -0.05) is 6.07 Å². The maximum atomic E-state index is 9.83. The molecule has 1 aliphatic carbocycles. The molecule has 0 aromatic heterocycles. The molecule has 2 rings (SSSR count). The van der Waals surface area contributed by atoms with E-state index in [2.05, 4.69) is 5.32 Å². The summed E-state index contributed by atoms with van der Waals surface area (Å²) in [6.07, 6.45) is 2.21. The Kier molecular flexibility index (Phi) is 3.40. The Morgan fingerprint density at radius 1 is 1.24 bits per heavy atom. The highest BCUT2D eigenvalue weighted by atomic mass is 16.3. The van der Waals surface area contributed by atoms with Crippen LogP contribution in [0.5, 0.6) is 5.75 Å². The monoisotopic (exact) mass is 235 g/mol. The number of benzene rings is 1. The highest BCUT2D eigenvalue weighted by molar-refractivity contribution is 5.40. The van der Waals surface area contributed by atoms with Gasteiger partial charge in [0, 0.05) is 30.7 Å². The van der Waals surface area contributed by atoms with Gasteiger partial charge in [-0.3, -0.25) is 0 Å². The third-order valence-electron chi connectivity index (χ3n) is 3.80. The Morgan fingerprint density at radius 2 is 1.88 bits per heavy atom. The van der Waals surface area contributed by atoms with Crippen molar-refractivity contribution in [3.8, 4) is 5.75 Å². The van der Waals surface area contributed by atoms with E-state index in [0.717, 1.165) is 30.5 Å². The van der Waals surface area contributed by atoms with Crippen molar-refractivity contribution in [1.29, 1.82) is 0 Å². The van der Waals surface area contributed by atoms with Gasteiger partial charge >= 0.3 is 0 Å². The highest BCUT2D eigenvalue weighted by Gasteiger charge is 2.41. The van der Waals surface area contributed by atoms with Crippen LogP contribution in [0.2, 0.25) is 0 Å². The van der Waals surface area contributed by atoms with Gasteiger partial charge in [0.2, 0.25) is 0 Å². The summed E-state index contributed by atoms with van der Waals surface area (Å²) < 4.78 is 0. The van der Waals surface area contributed by atoms with Gasteiger partial charge in [0.15, 0.2) is 0 Å². The van der Waals surface area contributed by atoms with Crippen molar-refractivity contribution < 1.29 is 10.2 Å². The van der Waals surface area contributed by atoms with E-state index in [0.29, 0.717) is 12.3 Å². The zero-order valence-corrected chi connectivity index (χ0v) is 10.6. The quantitative estimate of drug-likeness (QED) is 0.730. The van der Waals surface area contributed by atoms with Crippen molar-refractivity contribution in [2.24, 2.45) is 5.41 Å². The molecule has 1 aromatic carbocycles. The largest absolute Gasteiger partial charge is 0.508 e. The molecule has 1 aliphatic rings. The molecule has 1 saturated carbocycles. The minimum absolute atomic E-state index is 0.120. The number of phenolic OH excluding ortho intramolecular Hbond substituents is 1. The lowest BCUT2D eigenvalue weighted by Gasteiger charge is -2.14. The first-order valence-corrected chi connectivity index (χ1v) is 6.17. The minimum Gasteiger partial charge on any atom is -0.508 e. The molecule has 94 valence electrons. The number of aryl methyl sites for hydroxylation is 2. The molecule has 3 heteroatoms. The Labute approximate surface area is 102 Å². The first kappa shape index (κ1) is 12.4. The fourth-order valence-electron chi connectivity index (χ4n) is 2.03. The van der Waals surface area contributed by atoms with Crippen LogP contribution < -0.4 is 5.32 Å². The lowest BCUT2D eigenvalue weighted by molar-refractivity contribution is 0.207. The average Bonchev–Trinajstić information content (AvgIpc) is 3.06. The molecule has 0 saturated heterocycles. The summed E-state index contributed by atoms with van der Waals surface area (Å²) in [6, 6.07) is 3.83. The SMILES string of the molecule is Cc1cc(O)c(CNCC2(CO)CC2)cc1C. The third kappa shape index (κ3) is 2.79. The molecule has 0 spiro atoms. The van der Waals surface area contributed by atoms with Gasteiger partial charge in [-0.05, 0) is 43.9 Å². The fraction of sp³-hybridized carbons (Fsp3) is 0.571. The van der Waals surface area contributed by atoms with Crippen LogP contribution >= 0.6 is 0 Å². The molecular formula is C14H21NO2. The second-order valence-electron chi connectivity index (χ2n) is 5.33. The summed E-state index contributed by atoms with van der Waals surface area (Å²) in [5.74, 6) is 0.356. The average molecular weight is 235 g/mol. The van der Waals surface area contributed by atoms with E-state index in [9.17, 15) is 10.2 Å². The predicted octanol–water partition coefficient (Wildman–Crippen LogP) is 1.87. The molecule has 0 unspecified atom stereocenters. The van der Waals surface area contributed by atoms with E-state index < -0.39 is 0 Å². The van der Waals surface area contributed by atoms with E-state index >= 15 is 0 Å². The van der Waals surface area contributed by atoms with E-state index in [1.54, 1.807) is 0 Å². The molecule has 3 nitrogen and oxygen atoms in total. The third-order valence-corrected chi connectivity index (χ3v) is 3.80. The van der Waals surface area contributed by atoms with Crippen LogP contribution in [0.1, 0.15) is 29.5 Å². The van der Waals surface area contributed by atoms with Crippen LogP contribution in [-0.2, 0) is 6.54 Å². The minimum atomic E-state index is 0.120. The number of nitrogens with one attached hydrogen (secondary N) is 1. The van der Waals surface area contributed by atoms with E-state index in [4.69, 9.17) is 0 Å². The second kappa shape index (κ2) is 4.67. The molecular weight excluding hydrogens is 214 g/mol. The molecule has 0 bridgehead atoms. The van der Waals surface area contributed by atoms with Crippen molar-refractivity contribution in [3.05, 3.63) is 28.8 Å². The van der Waals surface area contributed by atoms with Crippen LogP contribution in [0.15, 0.2) is 12.1 Å². The van der Waals surface area contributed by atoms with E-state index in [1.165, 1.54) is 5.56 Å². The number of hydrogen-bond donors (Lipinski definition) is 3. The van der Waals surface area contributed by atoms with Crippen LogP contribution in [0.4, 0.5) is 0 Å². The van der Waals surface area contributed by atoms with Crippen LogP contribution in [0.3, 0.4) is 0 Å². The zero-order valence-electron chi connectivity index (χ0n) is 10.6. The van der Waals surface area contributed by atoms with Gasteiger partial charge in [0.05, 0.1) is 0 Å². The Balaban J connectivity index is 1.93. The molecule has 0 radical (unpaired) electrons. The first-order chi connectivity index (χ1) is 8.06. The van der Waals surface area contributed by atoms with E-state index in [1.807, 2.05) is 26.0 Å². The molecule has 0 atom stereocenters. The Hall–Kier alpha value is -1.06. The highest BCUT2D eigenvalue weighted by Crippen LogP contribution is 2.44. The van der Waals surface area contributed by atoms with Gasteiger partial charge in [0.1, 0.15) is 5.75 Å². The van der Waals surface area contributed by atoms with Gasteiger partial charge in [-0.25, -0.2) is 0 Å². The summed E-state index contributed by atoms with van der Waals surface area (Å²) in [5, 5.41) is 22.4. The Bertz CT molecular complexity index is 411. The van der Waals surface area contributed by atoms with Crippen LogP contribution in [-0.4, -0.2) is 23.4 Å². The van der Waals surface area contributed by atoms with Gasteiger partial charge in [-0.2, -0.15) is 0 Å². The molecule has 0 heterocycles.